The molecule has 1 N–H and O–H groups in total. The summed E-state index contributed by atoms with van der Waals surface area (Å²) in [6.45, 7) is 6.37. The molecule has 132 valence electrons. The van der Waals surface area contributed by atoms with Crippen LogP contribution in [-0.4, -0.2) is 34.1 Å². The molecule has 3 aliphatic rings. The van der Waals surface area contributed by atoms with Gasteiger partial charge in [-0.3, -0.25) is 0 Å². The Labute approximate surface area is 144 Å². The molecule has 6 atom stereocenters. The summed E-state index contributed by atoms with van der Waals surface area (Å²) in [5, 5.41) is 29.1. The minimum atomic E-state index is -0.817. The van der Waals surface area contributed by atoms with E-state index in [9.17, 15) is 10.4 Å². The second-order valence-electron chi connectivity index (χ2n) is 8.64. The normalized spacial score (nSPS) is 45.9. The van der Waals surface area contributed by atoms with Crippen LogP contribution in [0.15, 0.2) is 0 Å². The standard InChI is InChI=1S/C19H28N2O3/c1-17(2)15(23-17)5-7-18(3)16(24-18)6-9-19(22)8-4-13(11-20)14(10-19)12-21/h13-16,22H,4-10H2,1-3H3. The van der Waals surface area contributed by atoms with Crippen LogP contribution >= 0.6 is 0 Å². The molecule has 2 aliphatic heterocycles. The molecule has 0 bridgehead atoms. The molecule has 0 radical (unpaired) electrons. The van der Waals surface area contributed by atoms with Crippen molar-refractivity contribution in [3.05, 3.63) is 0 Å². The molecule has 5 heteroatoms. The van der Waals surface area contributed by atoms with Gasteiger partial charge in [-0.15, -0.1) is 0 Å². The van der Waals surface area contributed by atoms with Gasteiger partial charge in [0.2, 0.25) is 0 Å². The van der Waals surface area contributed by atoms with Crippen LogP contribution in [0.1, 0.15) is 65.7 Å². The van der Waals surface area contributed by atoms with Crippen LogP contribution < -0.4 is 0 Å². The monoisotopic (exact) mass is 332 g/mol. The van der Waals surface area contributed by atoms with Crippen molar-refractivity contribution >= 4 is 0 Å². The Morgan fingerprint density at radius 2 is 1.62 bits per heavy atom. The summed E-state index contributed by atoms with van der Waals surface area (Å²) in [4.78, 5) is 0. The Morgan fingerprint density at radius 1 is 1.00 bits per heavy atom. The highest BCUT2D eigenvalue weighted by Gasteiger charge is 2.55. The van der Waals surface area contributed by atoms with Gasteiger partial charge < -0.3 is 14.6 Å². The van der Waals surface area contributed by atoms with Crippen LogP contribution in [0.2, 0.25) is 0 Å². The molecule has 0 spiro atoms. The largest absolute Gasteiger partial charge is 0.390 e. The summed E-state index contributed by atoms with van der Waals surface area (Å²) in [7, 11) is 0. The van der Waals surface area contributed by atoms with Crippen molar-refractivity contribution in [1.82, 2.24) is 0 Å². The highest BCUT2D eigenvalue weighted by Crippen LogP contribution is 2.48. The van der Waals surface area contributed by atoms with Crippen LogP contribution in [0.5, 0.6) is 0 Å². The molecule has 0 amide bonds. The number of epoxide rings is 2. The molecule has 0 aromatic rings. The molecule has 1 aliphatic carbocycles. The van der Waals surface area contributed by atoms with Crippen LogP contribution in [0.25, 0.3) is 0 Å². The second-order valence-corrected chi connectivity index (χ2v) is 8.64. The predicted molar refractivity (Wildman–Crippen MR) is 87.7 cm³/mol. The number of hydrogen-bond acceptors (Lipinski definition) is 5. The third kappa shape index (κ3) is 3.59. The molecule has 3 rings (SSSR count). The molecule has 2 heterocycles. The van der Waals surface area contributed by atoms with Crippen molar-refractivity contribution in [2.75, 3.05) is 0 Å². The van der Waals surface area contributed by atoms with E-state index in [1.807, 2.05) is 0 Å². The van der Waals surface area contributed by atoms with Gasteiger partial charge in [-0.2, -0.15) is 10.5 Å². The van der Waals surface area contributed by atoms with E-state index >= 15 is 0 Å². The van der Waals surface area contributed by atoms with E-state index in [-0.39, 0.29) is 29.1 Å². The Balaban J connectivity index is 1.43. The number of ether oxygens (including phenoxy) is 2. The third-order valence-electron chi connectivity index (χ3n) is 6.31. The lowest BCUT2D eigenvalue weighted by atomic mass is 9.71. The highest BCUT2D eigenvalue weighted by atomic mass is 16.6. The van der Waals surface area contributed by atoms with E-state index < -0.39 is 5.60 Å². The van der Waals surface area contributed by atoms with Crippen molar-refractivity contribution in [3.63, 3.8) is 0 Å². The zero-order valence-corrected chi connectivity index (χ0v) is 14.9. The van der Waals surface area contributed by atoms with Crippen molar-refractivity contribution in [2.45, 2.75) is 94.7 Å². The zero-order valence-electron chi connectivity index (χ0n) is 14.9. The van der Waals surface area contributed by atoms with Crippen molar-refractivity contribution < 1.29 is 14.6 Å². The molecular weight excluding hydrogens is 304 g/mol. The summed E-state index contributed by atoms with van der Waals surface area (Å²) in [5.41, 5.74) is -0.874. The number of nitrogens with zero attached hydrogens (tertiary/aromatic N) is 2. The van der Waals surface area contributed by atoms with Gasteiger partial charge in [0.05, 0.1) is 53.0 Å². The van der Waals surface area contributed by atoms with Gasteiger partial charge in [0.25, 0.3) is 0 Å². The first-order chi connectivity index (χ1) is 11.2. The molecule has 3 fully saturated rings. The Bertz CT molecular complexity index is 578. The molecule has 0 aromatic carbocycles. The summed E-state index contributed by atoms with van der Waals surface area (Å²) < 4.78 is 11.5. The number of aliphatic hydroxyl groups is 1. The van der Waals surface area contributed by atoms with E-state index in [1.165, 1.54) is 0 Å². The molecule has 24 heavy (non-hydrogen) atoms. The third-order valence-corrected chi connectivity index (χ3v) is 6.31. The van der Waals surface area contributed by atoms with E-state index in [1.54, 1.807) is 0 Å². The van der Waals surface area contributed by atoms with E-state index in [0.29, 0.717) is 31.8 Å². The van der Waals surface area contributed by atoms with Gasteiger partial charge in [0.15, 0.2) is 0 Å². The fraction of sp³-hybridized carbons (Fsp3) is 0.895. The van der Waals surface area contributed by atoms with Crippen molar-refractivity contribution in [3.8, 4) is 12.1 Å². The Hall–Kier alpha value is -1.14. The number of nitriles is 2. The van der Waals surface area contributed by atoms with Crippen LogP contribution in [0.3, 0.4) is 0 Å². The molecule has 6 unspecified atom stereocenters. The van der Waals surface area contributed by atoms with Crippen LogP contribution in [-0.2, 0) is 9.47 Å². The average molecular weight is 332 g/mol. The van der Waals surface area contributed by atoms with E-state index in [0.717, 1.165) is 19.3 Å². The van der Waals surface area contributed by atoms with Gasteiger partial charge in [0, 0.05) is 0 Å². The highest BCUT2D eigenvalue weighted by molar-refractivity contribution is 5.07. The first kappa shape index (κ1) is 17.7. The van der Waals surface area contributed by atoms with Crippen molar-refractivity contribution in [2.24, 2.45) is 11.8 Å². The first-order valence-corrected chi connectivity index (χ1v) is 9.09. The smallest absolute Gasteiger partial charge is 0.0921 e. The molecular formula is C19H28N2O3. The van der Waals surface area contributed by atoms with Gasteiger partial charge in [-0.25, -0.2) is 0 Å². The fourth-order valence-electron chi connectivity index (χ4n) is 4.23. The van der Waals surface area contributed by atoms with Gasteiger partial charge in [-0.1, -0.05) is 0 Å². The molecule has 5 nitrogen and oxygen atoms in total. The second kappa shape index (κ2) is 5.99. The minimum absolute atomic E-state index is 0.0294. The average Bonchev–Trinajstić information content (AvgIpc) is 3.38. The Morgan fingerprint density at radius 3 is 2.21 bits per heavy atom. The quantitative estimate of drug-likeness (QED) is 0.754. The molecule has 2 saturated heterocycles. The minimum Gasteiger partial charge on any atom is -0.390 e. The lowest BCUT2D eigenvalue weighted by Crippen LogP contribution is -2.39. The maximum absolute atomic E-state index is 10.8. The lowest BCUT2D eigenvalue weighted by molar-refractivity contribution is -0.0262. The first-order valence-electron chi connectivity index (χ1n) is 9.09. The van der Waals surface area contributed by atoms with E-state index in [2.05, 4.69) is 32.9 Å². The number of rotatable bonds is 6. The molecule has 0 aromatic heterocycles. The maximum Gasteiger partial charge on any atom is 0.0921 e. The summed E-state index contributed by atoms with van der Waals surface area (Å²) in [6.07, 6.45) is 5.64. The summed E-state index contributed by atoms with van der Waals surface area (Å²) >= 11 is 0. The van der Waals surface area contributed by atoms with E-state index in [4.69, 9.17) is 14.7 Å². The predicted octanol–water partition coefficient (Wildman–Crippen LogP) is 3.08. The maximum atomic E-state index is 10.8. The summed E-state index contributed by atoms with van der Waals surface area (Å²) in [5.74, 6) is -0.589. The molecule has 1 saturated carbocycles. The SMILES string of the molecule is CC1(C)OC1CCC1(C)OC1CCC1(O)CCC(C#N)C(C#N)C1. The topological polar surface area (TPSA) is 92.9 Å². The summed E-state index contributed by atoms with van der Waals surface area (Å²) in [6, 6.07) is 4.40. The van der Waals surface area contributed by atoms with Gasteiger partial charge >= 0.3 is 0 Å². The lowest BCUT2D eigenvalue weighted by Gasteiger charge is -2.36. The van der Waals surface area contributed by atoms with Gasteiger partial charge in [0.1, 0.15) is 0 Å². The zero-order chi connectivity index (χ0) is 17.6. The number of hydrogen-bond donors (Lipinski definition) is 1. The Kier molecular flexibility index (Phi) is 4.41. The van der Waals surface area contributed by atoms with Gasteiger partial charge in [-0.05, 0) is 65.7 Å². The van der Waals surface area contributed by atoms with Crippen molar-refractivity contribution in [1.29, 1.82) is 10.5 Å². The van der Waals surface area contributed by atoms with Crippen LogP contribution in [0, 0.1) is 34.5 Å². The van der Waals surface area contributed by atoms with Crippen LogP contribution in [0.4, 0.5) is 0 Å². The fourth-order valence-corrected chi connectivity index (χ4v) is 4.23.